The Hall–Kier alpha value is -3.12. The first-order valence-electron chi connectivity index (χ1n) is 5.44. The molecule has 0 bridgehead atoms. The molecule has 3 N–H and O–H groups in total. The molecule has 0 aliphatic heterocycles. The Balaban J connectivity index is 2.38. The molecule has 19 heavy (non-hydrogen) atoms. The first-order chi connectivity index (χ1) is 9.15. The molecule has 0 unspecified atom stereocenters. The van der Waals surface area contributed by atoms with Crippen molar-refractivity contribution in [3.8, 4) is 12.1 Å². The van der Waals surface area contributed by atoms with E-state index in [1.54, 1.807) is 25.1 Å². The van der Waals surface area contributed by atoms with E-state index in [1.807, 2.05) is 12.1 Å². The second kappa shape index (κ2) is 5.03. The molecule has 2 rings (SSSR count). The van der Waals surface area contributed by atoms with Crippen molar-refractivity contribution in [2.45, 2.75) is 6.92 Å². The van der Waals surface area contributed by atoms with Gasteiger partial charge in [-0.1, -0.05) is 0 Å². The first kappa shape index (κ1) is 12.3. The number of aromatic nitrogens is 2. The molecule has 6 nitrogen and oxygen atoms in total. The van der Waals surface area contributed by atoms with Gasteiger partial charge in [-0.2, -0.15) is 10.5 Å². The van der Waals surface area contributed by atoms with Crippen LogP contribution in [0.25, 0.3) is 0 Å². The minimum Gasteiger partial charge on any atom is -0.383 e. The van der Waals surface area contributed by atoms with Gasteiger partial charge in [0.2, 0.25) is 0 Å². The maximum Gasteiger partial charge on any atom is 0.138 e. The fourth-order valence-corrected chi connectivity index (χ4v) is 1.54. The number of nitriles is 2. The van der Waals surface area contributed by atoms with Crippen LogP contribution in [0.3, 0.4) is 0 Å². The van der Waals surface area contributed by atoms with E-state index in [-0.39, 0.29) is 0 Å². The SMILES string of the molecule is Cc1c(N)ncnc1Nc1ccc(C#N)c(C#N)c1. The molecule has 0 saturated heterocycles. The molecular formula is C13H10N6. The number of benzene rings is 1. The van der Waals surface area contributed by atoms with E-state index < -0.39 is 0 Å². The monoisotopic (exact) mass is 250 g/mol. The van der Waals surface area contributed by atoms with Crippen molar-refractivity contribution in [2.24, 2.45) is 0 Å². The Kier molecular flexibility index (Phi) is 3.26. The number of nitrogens with two attached hydrogens (primary N) is 1. The number of hydrogen-bond acceptors (Lipinski definition) is 6. The Morgan fingerprint density at radius 2 is 1.89 bits per heavy atom. The summed E-state index contributed by atoms with van der Waals surface area (Å²) < 4.78 is 0. The quantitative estimate of drug-likeness (QED) is 0.841. The van der Waals surface area contributed by atoms with Crippen LogP contribution in [0.15, 0.2) is 24.5 Å². The average Bonchev–Trinajstić information content (AvgIpc) is 2.43. The van der Waals surface area contributed by atoms with Gasteiger partial charge in [-0.25, -0.2) is 9.97 Å². The Labute approximate surface area is 110 Å². The van der Waals surface area contributed by atoms with Gasteiger partial charge in [0.25, 0.3) is 0 Å². The Morgan fingerprint density at radius 1 is 1.16 bits per heavy atom. The van der Waals surface area contributed by atoms with Gasteiger partial charge in [0.05, 0.1) is 11.1 Å². The standard InChI is InChI=1S/C13H10N6/c1-8-12(16)17-7-18-13(8)19-11-3-2-9(5-14)10(4-11)6-15/h2-4,7H,1H3,(H3,16,17,18,19). The highest BCUT2D eigenvalue weighted by molar-refractivity contribution is 5.66. The minimum atomic E-state index is 0.312. The molecule has 2 aromatic rings. The molecule has 0 amide bonds. The van der Waals surface area contributed by atoms with Crippen molar-refractivity contribution in [2.75, 3.05) is 11.1 Å². The lowest BCUT2D eigenvalue weighted by atomic mass is 10.1. The Morgan fingerprint density at radius 3 is 2.58 bits per heavy atom. The Bertz CT molecular complexity index is 708. The largest absolute Gasteiger partial charge is 0.383 e. The van der Waals surface area contributed by atoms with Crippen molar-refractivity contribution in [1.82, 2.24) is 9.97 Å². The second-order valence-corrected chi connectivity index (χ2v) is 3.84. The number of anilines is 3. The summed E-state index contributed by atoms with van der Waals surface area (Å²) in [5.41, 5.74) is 7.73. The molecule has 0 atom stereocenters. The fourth-order valence-electron chi connectivity index (χ4n) is 1.54. The molecule has 0 fully saturated rings. The summed E-state index contributed by atoms with van der Waals surface area (Å²) >= 11 is 0. The van der Waals surface area contributed by atoms with E-state index in [4.69, 9.17) is 16.3 Å². The lowest BCUT2D eigenvalue weighted by Crippen LogP contribution is -2.02. The van der Waals surface area contributed by atoms with Gasteiger partial charge in [-0.3, -0.25) is 0 Å². The molecule has 1 aromatic heterocycles. The van der Waals surface area contributed by atoms with Crippen molar-refractivity contribution in [3.63, 3.8) is 0 Å². The van der Waals surface area contributed by atoms with Crippen molar-refractivity contribution >= 4 is 17.3 Å². The second-order valence-electron chi connectivity index (χ2n) is 3.84. The third kappa shape index (κ3) is 2.43. The van der Waals surface area contributed by atoms with E-state index in [1.165, 1.54) is 6.33 Å². The molecule has 0 aliphatic rings. The summed E-state index contributed by atoms with van der Waals surface area (Å²) in [7, 11) is 0. The van der Waals surface area contributed by atoms with Gasteiger partial charge in [0.15, 0.2) is 0 Å². The molecule has 1 aromatic carbocycles. The minimum absolute atomic E-state index is 0.312. The van der Waals surface area contributed by atoms with Crippen molar-refractivity contribution in [3.05, 3.63) is 41.2 Å². The van der Waals surface area contributed by atoms with Crippen LogP contribution in [-0.4, -0.2) is 9.97 Å². The van der Waals surface area contributed by atoms with E-state index in [0.717, 1.165) is 5.56 Å². The van der Waals surface area contributed by atoms with E-state index in [0.29, 0.717) is 28.5 Å². The van der Waals surface area contributed by atoms with Crippen LogP contribution in [0.4, 0.5) is 17.3 Å². The highest BCUT2D eigenvalue weighted by Crippen LogP contribution is 2.22. The number of nitrogens with one attached hydrogen (secondary N) is 1. The zero-order chi connectivity index (χ0) is 13.8. The molecule has 6 heteroatoms. The summed E-state index contributed by atoms with van der Waals surface area (Å²) in [4.78, 5) is 7.96. The predicted molar refractivity (Wildman–Crippen MR) is 70.3 cm³/mol. The molecule has 0 spiro atoms. The normalized spacial score (nSPS) is 9.42. The van der Waals surface area contributed by atoms with E-state index in [9.17, 15) is 0 Å². The third-order valence-electron chi connectivity index (χ3n) is 2.65. The van der Waals surface area contributed by atoms with Crippen LogP contribution in [-0.2, 0) is 0 Å². The van der Waals surface area contributed by atoms with E-state index in [2.05, 4.69) is 15.3 Å². The lowest BCUT2D eigenvalue weighted by Gasteiger charge is -2.09. The topological polar surface area (TPSA) is 111 Å². The van der Waals surface area contributed by atoms with Crippen LogP contribution < -0.4 is 11.1 Å². The molecule has 1 heterocycles. The third-order valence-corrected chi connectivity index (χ3v) is 2.65. The van der Waals surface area contributed by atoms with Crippen LogP contribution in [0.2, 0.25) is 0 Å². The first-order valence-corrected chi connectivity index (χ1v) is 5.44. The maximum absolute atomic E-state index is 8.96. The van der Waals surface area contributed by atoms with Gasteiger partial charge in [0.1, 0.15) is 30.1 Å². The summed E-state index contributed by atoms with van der Waals surface area (Å²) in [6, 6.07) is 8.82. The zero-order valence-corrected chi connectivity index (χ0v) is 10.2. The van der Waals surface area contributed by atoms with Crippen molar-refractivity contribution < 1.29 is 0 Å². The fraction of sp³-hybridized carbons (Fsp3) is 0.0769. The lowest BCUT2D eigenvalue weighted by molar-refractivity contribution is 1.14. The molecule has 0 aliphatic carbocycles. The van der Waals surface area contributed by atoms with Gasteiger partial charge in [-0.15, -0.1) is 0 Å². The van der Waals surface area contributed by atoms with Crippen LogP contribution in [0.5, 0.6) is 0 Å². The smallest absolute Gasteiger partial charge is 0.138 e. The number of hydrogen-bond donors (Lipinski definition) is 2. The average molecular weight is 250 g/mol. The summed E-state index contributed by atoms with van der Waals surface area (Å²) in [5, 5.41) is 20.9. The molecular weight excluding hydrogens is 240 g/mol. The zero-order valence-electron chi connectivity index (χ0n) is 10.2. The van der Waals surface area contributed by atoms with Gasteiger partial charge in [-0.05, 0) is 25.1 Å². The van der Waals surface area contributed by atoms with Crippen LogP contribution >= 0.6 is 0 Å². The molecule has 92 valence electrons. The summed E-state index contributed by atoms with van der Waals surface area (Å²) in [6.45, 7) is 1.80. The number of nitrogen functional groups attached to an aromatic ring is 1. The number of nitrogens with zero attached hydrogens (tertiary/aromatic N) is 4. The molecule has 0 saturated carbocycles. The highest BCUT2D eigenvalue weighted by atomic mass is 15.0. The highest BCUT2D eigenvalue weighted by Gasteiger charge is 2.07. The summed E-state index contributed by atoms with van der Waals surface area (Å²) in [6.07, 6.45) is 1.36. The van der Waals surface area contributed by atoms with Gasteiger partial charge < -0.3 is 11.1 Å². The van der Waals surface area contributed by atoms with Crippen LogP contribution in [0, 0.1) is 29.6 Å². The van der Waals surface area contributed by atoms with Crippen molar-refractivity contribution in [1.29, 1.82) is 10.5 Å². The predicted octanol–water partition coefficient (Wildman–Crippen LogP) is 1.85. The maximum atomic E-state index is 8.96. The van der Waals surface area contributed by atoms with Gasteiger partial charge in [0, 0.05) is 11.3 Å². The van der Waals surface area contributed by atoms with Crippen LogP contribution in [0.1, 0.15) is 16.7 Å². The molecule has 0 radical (unpaired) electrons. The van der Waals surface area contributed by atoms with Gasteiger partial charge >= 0.3 is 0 Å². The van der Waals surface area contributed by atoms with E-state index >= 15 is 0 Å². The summed E-state index contributed by atoms with van der Waals surface area (Å²) in [5.74, 6) is 0.966. The number of rotatable bonds is 2.